The van der Waals surface area contributed by atoms with Crippen LogP contribution in [0.15, 0.2) is 48.5 Å². The number of aryl methyl sites for hydroxylation is 1. The highest BCUT2D eigenvalue weighted by Gasteiger charge is 2.53. The molecular formula is C22H25N3O3. The molecule has 28 heavy (non-hydrogen) atoms. The molecule has 3 amide bonds. The molecule has 0 aliphatic carbocycles. The second-order valence-electron chi connectivity index (χ2n) is 7.61. The summed E-state index contributed by atoms with van der Waals surface area (Å²) in [7, 11) is 1.62. The number of benzene rings is 2. The number of anilines is 2. The molecule has 0 unspecified atom stereocenters. The number of methoxy groups -OCH3 is 1. The molecule has 2 aliphatic rings. The van der Waals surface area contributed by atoms with E-state index >= 15 is 0 Å². The second kappa shape index (κ2) is 7.19. The van der Waals surface area contributed by atoms with Crippen molar-refractivity contribution in [1.82, 2.24) is 4.90 Å². The van der Waals surface area contributed by atoms with Gasteiger partial charge in [-0.25, -0.2) is 4.79 Å². The Morgan fingerprint density at radius 2 is 1.82 bits per heavy atom. The van der Waals surface area contributed by atoms with E-state index in [1.54, 1.807) is 12.0 Å². The third-order valence-corrected chi connectivity index (χ3v) is 5.91. The van der Waals surface area contributed by atoms with E-state index in [-0.39, 0.29) is 17.4 Å². The lowest BCUT2D eigenvalue weighted by atomic mass is 9.71. The molecule has 2 aliphatic heterocycles. The minimum absolute atomic E-state index is 0.116. The lowest BCUT2D eigenvalue weighted by Gasteiger charge is -2.52. The maximum atomic E-state index is 12.8. The first-order valence-corrected chi connectivity index (χ1v) is 9.60. The number of β-lactam (4-membered cyclic amide) rings is 1. The first-order chi connectivity index (χ1) is 13.5. The number of nitrogens with one attached hydrogen (secondary N) is 1. The van der Waals surface area contributed by atoms with Crippen LogP contribution in [0.1, 0.15) is 18.4 Å². The molecule has 1 N–H and O–H groups in total. The van der Waals surface area contributed by atoms with Gasteiger partial charge in [-0.05, 0) is 55.7 Å². The van der Waals surface area contributed by atoms with Gasteiger partial charge < -0.3 is 19.9 Å². The summed E-state index contributed by atoms with van der Waals surface area (Å²) in [5.41, 5.74) is 2.38. The first-order valence-electron chi connectivity index (χ1n) is 9.60. The summed E-state index contributed by atoms with van der Waals surface area (Å²) in [6.07, 6.45) is 1.42. The number of urea groups is 1. The number of rotatable bonds is 3. The van der Waals surface area contributed by atoms with Crippen LogP contribution in [0.25, 0.3) is 0 Å². The van der Waals surface area contributed by atoms with Crippen molar-refractivity contribution in [3.05, 3.63) is 54.1 Å². The molecule has 0 aromatic heterocycles. The summed E-state index contributed by atoms with van der Waals surface area (Å²) in [6.45, 7) is 3.86. The van der Waals surface area contributed by atoms with Crippen molar-refractivity contribution >= 4 is 23.3 Å². The van der Waals surface area contributed by atoms with Crippen LogP contribution in [-0.2, 0) is 4.79 Å². The van der Waals surface area contributed by atoms with E-state index in [1.807, 2.05) is 60.4 Å². The molecule has 146 valence electrons. The molecule has 2 fully saturated rings. The Kier molecular flexibility index (Phi) is 4.71. The van der Waals surface area contributed by atoms with Gasteiger partial charge >= 0.3 is 6.03 Å². The van der Waals surface area contributed by atoms with Gasteiger partial charge in [0.25, 0.3) is 0 Å². The van der Waals surface area contributed by atoms with Gasteiger partial charge in [0.05, 0.1) is 12.5 Å². The Balaban J connectivity index is 1.34. The van der Waals surface area contributed by atoms with Crippen LogP contribution < -0.4 is 15.0 Å². The molecule has 4 rings (SSSR count). The number of carbonyl (C=O) groups excluding carboxylic acids is 2. The fourth-order valence-corrected chi connectivity index (χ4v) is 4.06. The maximum Gasteiger partial charge on any atom is 0.321 e. The number of ether oxygens (including phenoxy) is 1. The minimum Gasteiger partial charge on any atom is -0.497 e. The van der Waals surface area contributed by atoms with Gasteiger partial charge in [0.1, 0.15) is 5.75 Å². The fourth-order valence-electron chi connectivity index (χ4n) is 4.06. The van der Waals surface area contributed by atoms with Crippen LogP contribution in [0.4, 0.5) is 16.2 Å². The molecule has 0 bridgehead atoms. The summed E-state index contributed by atoms with van der Waals surface area (Å²) in [4.78, 5) is 29.1. The largest absolute Gasteiger partial charge is 0.497 e. The Hall–Kier alpha value is -3.02. The van der Waals surface area contributed by atoms with E-state index in [9.17, 15) is 9.59 Å². The Morgan fingerprint density at radius 1 is 1.11 bits per heavy atom. The van der Waals surface area contributed by atoms with E-state index in [4.69, 9.17) is 4.74 Å². The number of para-hydroxylation sites is 1. The molecule has 2 aromatic rings. The number of likely N-dealkylation sites (tertiary alicyclic amines) is 1. The number of piperidine rings is 1. The molecular weight excluding hydrogens is 354 g/mol. The van der Waals surface area contributed by atoms with Gasteiger partial charge in [-0.2, -0.15) is 0 Å². The van der Waals surface area contributed by atoms with Crippen molar-refractivity contribution in [3.8, 4) is 5.75 Å². The zero-order chi connectivity index (χ0) is 19.7. The summed E-state index contributed by atoms with van der Waals surface area (Å²) >= 11 is 0. The van der Waals surface area contributed by atoms with Gasteiger partial charge in [-0.3, -0.25) is 4.79 Å². The van der Waals surface area contributed by atoms with Gasteiger partial charge in [0.2, 0.25) is 5.91 Å². The van der Waals surface area contributed by atoms with E-state index in [1.165, 1.54) is 0 Å². The van der Waals surface area contributed by atoms with Crippen molar-refractivity contribution in [2.75, 3.05) is 37.0 Å². The molecule has 6 nitrogen and oxygen atoms in total. The topological polar surface area (TPSA) is 61.9 Å². The third kappa shape index (κ3) is 3.19. The predicted octanol–water partition coefficient (Wildman–Crippen LogP) is 3.66. The van der Waals surface area contributed by atoms with Crippen molar-refractivity contribution < 1.29 is 14.3 Å². The highest BCUT2D eigenvalue weighted by molar-refractivity contribution is 6.04. The highest BCUT2D eigenvalue weighted by Crippen LogP contribution is 2.43. The van der Waals surface area contributed by atoms with Crippen molar-refractivity contribution in [2.45, 2.75) is 19.8 Å². The zero-order valence-electron chi connectivity index (χ0n) is 16.3. The first kappa shape index (κ1) is 18.3. The quantitative estimate of drug-likeness (QED) is 0.828. The van der Waals surface area contributed by atoms with Crippen LogP contribution in [0.5, 0.6) is 5.75 Å². The van der Waals surface area contributed by atoms with Crippen LogP contribution in [0.2, 0.25) is 0 Å². The Morgan fingerprint density at radius 3 is 2.43 bits per heavy atom. The van der Waals surface area contributed by atoms with Gasteiger partial charge in [0.15, 0.2) is 0 Å². The van der Waals surface area contributed by atoms with E-state index < -0.39 is 0 Å². The molecule has 0 radical (unpaired) electrons. The molecule has 6 heteroatoms. The number of amides is 3. The Labute approximate surface area is 165 Å². The molecule has 0 atom stereocenters. The van der Waals surface area contributed by atoms with Crippen LogP contribution >= 0.6 is 0 Å². The summed E-state index contributed by atoms with van der Waals surface area (Å²) < 4.78 is 5.20. The van der Waals surface area contributed by atoms with Crippen LogP contribution in [0.3, 0.4) is 0 Å². The van der Waals surface area contributed by atoms with E-state index in [0.717, 1.165) is 29.2 Å². The van der Waals surface area contributed by atoms with Crippen molar-refractivity contribution in [3.63, 3.8) is 0 Å². The van der Waals surface area contributed by atoms with E-state index in [2.05, 4.69) is 5.32 Å². The number of hydrogen-bond acceptors (Lipinski definition) is 3. The highest BCUT2D eigenvalue weighted by atomic mass is 16.5. The van der Waals surface area contributed by atoms with Gasteiger partial charge in [-0.1, -0.05) is 18.2 Å². The third-order valence-electron chi connectivity index (χ3n) is 5.91. The fraction of sp³-hybridized carbons (Fsp3) is 0.364. The average Bonchev–Trinajstić information content (AvgIpc) is 2.74. The molecule has 2 aromatic carbocycles. The number of carbonyl (C=O) groups is 2. The van der Waals surface area contributed by atoms with Crippen LogP contribution in [0, 0.1) is 12.3 Å². The average molecular weight is 379 g/mol. The summed E-state index contributed by atoms with van der Waals surface area (Å²) in [5, 5.41) is 2.98. The lowest BCUT2D eigenvalue weighted by Crippen LogP contribution is -2.65. The van der Waals surface area contributed by atoms with Crippen LogP contribution in [-0.4, -0.2) is 43.6 Å². The molecule has 2 saturated heterocycles. The standard InChI is InChI=1S/C22H25N3O3/c1-16-14-18(28-2)8-9-19(16)23-21(27)24-12-10-22(11-13-24)15-25(20(22)26)17-6-4-3-5-7-17/h3-9,14H,10-13,15H2,1-2H3,(H,23,27). The normalized spacial score (nSPS) is 18.0. The van der Waals surface area contributed by atoms with Gasteiger partial charge in [0, 0.05) is 31.0 Å². The zero-order valence-corrected chi connectivity index (χ0v) is 16.3. The monoisotopic (exact) mass is 379 g/mol. The maximum absolute atomic E-state index is 12.8. The smallest absolute Gasteiger partial charge is 0.321 e. The summed E-state index contributed by atoms with van der Waals surface area (Å²) in [5.74, 6) is 0.951. The minimum atomic E-state index is -0.303. The molecule has 0 saturated carbocycles. The summed E-state index contributed by atoms with van der Waals surface area (Å²) in [6, 6.07) is 15.2. The molecule has 1 spiro atoms. The molecule has 2 heterocycles. The van der Waals surface area contributed by atoms with E-state index in [0.29, 0.717) is 25.9 Å². The number of hydrogen-bond donors (Lipinski definition) is 1. The lowest BCUT2D eigenvalue weighted by molar-refractivity contribution is -0.138. The Bertz CT molecular complexity index is 889. The predicted molar refractivity (Wildman–Crippen MR) is 109 cm³/mol. The van der Waals surface area contributed by atoms with Crippen molar-refractivity contribution in [1.29, 1.82) is 0 Å². The second-order valence-corrected chi connectivity index (χ2v) is 7.61. The number of nitrogens with zero attached hydrogens (tertiary/aromatic N) is 2. The van der Waals surface area contributed by atoms with Gasteiger partial charge in [-0.15, -0.1) is 0 Å². The van der Waals surface area contributed by atoms with Crippen molar-refractivity contribution in [2.24, 2.45) is 5.41 Å². The SMILES string of the molecule is COc1ccc(NC(=O)N2CCC3(CC2)CN(c2ccccc2)C3=O)c(C)c1.